The summed E-state index contributed by atoms with van der Waals surface area (Å²) in [5.41, 5.74) is 5.28. The third-order valence-corrected chi connectivity index (χ3v) is 7.20. The smallest absolute Gasteiger partial charge is 0.262 e. The molecule has 4 aromatic rings. The molecule has 2 aromatic carbocycles. The number of aryl methyl sites for hydroxylation is 2. The summed E-state index contributed by atoms with van der Waals surface area (Å²) < 4.78 is 1.54. The first-order valence-electron chi connectivity index (χ1n) is 12.1. The van der Waals surface area contributed by atoms with E-state index in [1.165, 1.54) is 27.0 Å². The van der Waals surface area contributed by atoms with E-state index in [0.29, 0.717) is 18.5 Å². The summed E-state index contributed by atoms with van der Waals surface area (Å²) in [6, 6.07) is 16.5. The number of nitrogens with one attached hydrogen (secondary N) is 1. The molecule has 2 aromatic heterocycles. The lowest BCUT2D eigenvalue weighted by Gasteiger charge is -2.18. The van der Waals surface area contributed by atoms with Crippen molar-refractivity contribution >= 4 is 27.5 Å². The maximum Gasteiger partial charge on any atom is 0.262 e. The van der Waals surface area contributed by atoms with Gasteiger partial charge in [-0.05, 0) is 36.7 Å². The number of fused-ring (bicyclic) bond motifs is 1. The zero-order chi connectivity index (χ0) is 24.8. The van der Waals surface area contributed by atoms with E-state index in [1.54, 1.807) is 6.33 Å². The van der Waals surface area contributed by atoms with Crippen LogP contribution in [-0.2, 0) is 24.4 Å². The molecule has 35 heavy (non-hydrogen) atoms. The van der Waals surface area contributed by atoms with Crippen LogP contribution in [0.4, 0.5) is 0 Å². The predicted octanol–water partition coefficient (Wildman–Crippen LogP) is 4.98. The van der Waals surface area contributed by atoms with Crippen LogP contribution in [0.5, 0.6) is 0 Å². The van der Waals surface area contributed by atoms with Gasteiger partial charge < -0.3 is 5.32 Å². The SMILES string of the molecule is CCN(CC)Cc1ccc(CNC(=O)CCn2cnc3scc(-c4ccc(C)cc4)c3c2=O)cc1. The molecule has 0 radical (unpaired) electrons. The van der Waals surface area contributed by atoms with E-state index >= 15 is 0 Å². The summed E-state index contributed by atoms with van der Waals surface area (Å²) >= 11 is 1.47. The molecule has 6 nitrogen and oxygen atoms in total. The van der Waals surface area contributed by atoms with Crippen LogP contribution in [0.25, 0.3) is 21.3 Å². The molecule has 0 atom stereocenters. The van der Waals surface area contributed by atoms with Gasteiger partial charge in [0.1, 0.15) is 4.83 Å². The molecule has 0 aliphatic heterocycles. The average Bonchev–Trinajstić information content (AvgIpc) is 3.32. The van der Waals surface area contributed by atoms with Gasteiger partial charge >= 0.3 is 0 Å². The molecule has 7 heteroatoms. The van der Waals surface area contributed by atoms with Gasteiger partial charge in [-0.25, -0.2) is 4.98 Å². The van der Waals surface area contributed by atoms with Gasteiger partial charge in [0, 0.05) is 37.0 Å². The van der Waals surface area contributed by atoms with Crippen LogP contribution in [0.2, 0.25) is 0 Å². The highest BCUT2D eigenvalue weighted by atomic mass is 32.1. The van der Waals surface area contributed by atoms with Crippen molar-refractivity contribution in [2.45, 2.75) is 46.8 Å². The Balaban J connectivity index is 1.36. The largest absolute Gasteiger partial charge is 0.352 e. The van der Waals surface area contributed by atoms with Gasteiger partial charge in [-0.1, -0.05) is 67.9 Å². The molecule has 0 saturated heterocycles. The molecule has 1 amide bonds. The van der Waals surface area contributed by atoms with Gasteiger partial charge in [0.05, 0.1) is 11.7 Å². The van der Waals surface area contributed by atoms with E-state index in [2.05, 4.69) is 53.3 Å². The Morgan fingerprint density at radius 2 is 1.71 bits per heavy atom. The minimum Gasteiger partial charge on any atom is -0.352 e. The van der Waals surface area contributed by atoms with Crippen molar-refractivity contribution in [3.8, 4) is 11.1 Å². The lowest BCUT2D eigenvalue weighted by Crippen LogP contribution is -2.27. The number of rotatable bonds is 10. The van der Waals surface area contributed by atoms with Crippen molar-refractivity contribution in [2.24, 2.45) is 0 Å². The quantitative estimate of drug-likeness (QED) is 0.342. The van der Waals surface area contributed by atoms with Gasteiger partial charge in [-0.2, -0.15) is 0 Å². The minimum absolute atomic E-state index is 0.0895. The van der Waals surface area contributed by atoms with Crippen molar-refractivity contribution in [3.05, 3.63) is 87.3 Å². The summed E-state index contributed by atoms with van der Waals surface area (Å²) in [4.78, 5) is 33.2. The number of carbonyl (C=O) groups excluding carboxylic acids is 1. The average molecular weight is 489 g/mol. The molecule has 0 saturated carbocycles. The second-order valence-corrected chi connectivity index (χ2v) is 9.60. The molecule has 0 spiro atoms. The molecule has 0 unspecified atom stereocenters. The zero-order valence-corrected chi connectivity index (χ0v) is 21.4. The van der Waals surface area contributed by atoms with Crippen molar-refractivity contribution in [1.29, 1.82) is 0 Å². The van der Waals surface area contributed by atoms with Crippen LogP contribution in [0.15, 0.2) is 65.0 Å². The summed E-state index contributed by atoms with van der Waals surface area (Å²) in [6.45, 7) is 10.1. The van der Waals surface area contributed by atoms with Crippen molar-refractivity contribution < 1.29 is 4.79 Å². The zero-order valence-electron chi connectivity index (χ0n) is 20.6. The standard InChI is InChI=1S/C28H32N4O2S/c1-4-31(5-2)17-22-10-8-21(9-11-22)16-29-25(33)14-15-32-19-30-27-26(28(32)34)24(18-35-27)23-12-6-20(3)7-13-23/h6-13,18-19H,4-5,14-17H2,1-3H3,(H,29,33). The van der Waals surface area contributed by atoms with Crippen LogP contribution in [-0.4, -0.2) is 33.4 Å². The Morgan fingerprint density at radius 3 is 2.40 bits per heavy atom. The van der Waals surface area contributed by atoms with Crippen molar-refractivity contribution in [2.75, 3.05) is 13.1 Å². The number of nitrogens with zero attached hydrogens (tertiary/aromatic N) is 3. The summed E-state index contributed by atoms with van der Waals surface area (Å²) in [5.74, 6) is -0.0895. The first-order chi connectivity index (χ1) is 17.0. The highest BCUT2D eigenvalue weighted by Gasteiger charge is 2.14. The second kappa shape index (κ2) is 11.4. The second-order valence-electron chi connectivity index (χ2n) is 8.74. The maximum atomic E-state index is 13.2. The molecule has 2 heterocycles. The molecule has 0 aliphatic rings. The molecule has 1 N–H and O–H groups in total. The fourth-order valence-corrected chi connectivity index (χ4v) is 4.96. The van der Waals surface area contributed by atoms with E-state index in [4.69, 9.17) is 0 Å². The fourth-order valence-electron chi connectivity index (χ4n) is 4.05. The lowest BCUT2D eigenvalue weighted by atomic mass is 10.1. The Morgan fingerprint density at radius 1 is 1.03 bits per heavy atom. The number of hydrogen-bond acceptors (Lipinski definition) is 5. The molecular formula is C28H32N4O2S. The highest BCUT2D eigenvalue weighted by molar-refractivity contribution is 7.17. The monoisotopic (exact) mass is 488 g/mol. The molecule has 0 bridgehead atoms. The van der Waals surface area contributed by atoms with Crippen LogP contribution in [0.1, 0.15) is 37.0 Å². The third kappa shape index (κ3) is 6.05. The Labute approximate surface area is 210 Å². The molecule has 4 rings (SSSR count). The molecular weight excluding hydrogens is 456 g/mol. The molecule has 182 valence electrons. The van der Waals surface area contributed by atoms with Crippen LogP contribution < -0.4 is 10.9 Å². The number of aromatic nitrogens is 2. The number of amides is 1. The lowest BCUT2D eigenvalue weighted by molar-refractivity contribution is -0.121. The normalized spacial score (nSPS) is 11.3. The predicted molar refractivity (Wildman–Crippen MR) is 144 cm³/mol. The van der Waals surface area contributed by atoms with Gasteiger partial charge in [-0.3, -0.25) is 19.1 Å². The van der Waals surface area contributed by atoms with Crippen molar-refractivity contribution in [3.63, 3.8) is 0 Å². The topological polar surface area (TPSA) is 67.2 Å². The number of thiophene rings is 1. The van der Waals surface area contributed by atoms with Gasteiger partial charge in [0.25, 0.3) is 5.56 Å². The maximum absolute atomic E-state index is 13.2. The number of carbonyl (C=O) groups is 1. The summed E-state index contributed by atoms with van der Waals surface area (Å²) in [7, 11) is 0. The van der Waals surface area contributed by atoms with Gasteiger partial charge in [-0.15, -0.1) is 11.3 Å². The number of benzene rings is 2. The highest BCUT2D eigenvalue weighted by Crippen LogP contribution is 2.30. The minimum atomic E-state index is -0.108. The Bertz CT molecular complexity index is 1340. The van der Waals surface area contributed by atoms with Crippen LogP contribution >= 0.6 is 11.3 Å². The van der Waals surface area contributed by atoms with E-state index in [1.807, 2.05) is 36.6 Å². The van der Waals surface area contributed by atoms with Gasteiger partial charge in [0.2, 0.25) is 5.91 Å². The van der Waals surface area contributed by atoms with Crippen molar-refractivity contribution in [1.82, 2.24) is 19.8 Å². The third-order valence-electron chi connectivity index (χ3n) is 6.32. The summed E-state index contributed by atoms with van der Waals surface area (Å²) in [6.07, 6.45) is 1.76. The molecule has 0 fully saturated rings. The Kier molecular flexibility index (Phi) is 8.10. The fraction of sp³-hybridized carbons (Fsp3) is 0.321. The van der Waals surface area contributed by atoms with Crippen LogP contribution in [0.3, 0.4) is 0 Å². The number of hydrogen-bond donors (Lipinski definition) is 1. The van der Waals surface area contributed by atoms with Gasteiger partial charge in [0.15, 0.2) is 0 Å². The molecule has 0 aliphatic carbocycles. The Hall–Kier alpha value is -3.29. The van der Waals surface area contributed by atoms with E-state index in [0.717, 1.165) is 41.2 Å². The first kappa shape index (κ1) is 24.8. The first-order valence-corrected chi connectivity index (χ1v) is 13.0. The van der Waals surface area contributed by atoms with E-state index in [9.17, 15) is 9.59 Å². The van der Waals surface area contributed by atoms with E-state index < -0.39 is 0 Å². The van der Waals surface area contributed by atoms with E-state index in [-0.39, 0.29) is 17.9 Å². The van der Waals surface area contributed by atoms with Crippen LogP contribution in [0, 0.1) is 6.92 Å². The summed E-state index contributed by atoms with van der Waals surface area (Å²) in [5, 5.41) is 5.56.